The Labute approximate surface area is 168 Å². The predicted octanol–water partition coefficient (Wildman–Crippen LogP) is 4.16. The lowest BCUT2D eigenvalue weighted by molar-refractivity contribution is 0.251. The number of piperidine rings is 1. The minimum atomic E-state index is -0.0703. The summed E-state index contributed by atoms with van der Waals surface area (Å²) in [5, 5.41) is 0.616. The fourth-order valence-electron chi connectivity index (χ4n) is 4.29. The standard InChI is InChI=1S/C23H24N4O2/c1-13-10-17(12-20-21(13)24-14(2)29-20)16-4-5-19-18(11-16)23(28)26-22(25-19)15-6-8-27(3)9-7-15/h4-5,10-12,15H,6-9H2,1-3H3,(H,25,26,28). The van der Waals surface area contributed by atoms with Crippen molar-refractivity contribution in [3.63, 3.8) is 0 Å². The normalized spacial score (nSPS) is 16.1. The van der Waals surface area contributed by atoms with Gasteiger partial charge in [0.25, 0.3) is 5.56 Å². The fraction of sp³-hybridized carbons (Fsp3) is 0.348. The molecule has 1 saturated heterocycles. The van der Waals surface area contributed by atoms with Crippen molar-refractivity contribution in [1.29, 1.82) is 0 Å². The van der Waals surface area contributed by atoms with Crippen molar-refractivity contribution < 1.29 is 4.42 Å². The maximum Gasteiger partial charge on any atom is 0.258 e. The highest BCUT2D eigenvalue weighted by molar-refractivity contribution is 5.88. The highest BCUT2D eigenvalue weighted by atomic mass is 16.3. The van der Waals surface area contributed by atoms with E-state index >= 15 is 0 Å². The first kappa shape index (κ1) is 18.1. The van der Waals surface area contributed by atoms with E-state index in [9.17, 15) is 4.79 Å². The van der Waals surface area contributed by atoms with Gasteiger partial charge in [0.1, 0.15) is 11.3 Å². The van der Waals surface area contributed by atoms with Crippen molar-refractivity contribution in [1.82, 2.24) is 19.9 Å². The Hall–Kier alpha value is -2.99. The van der Waals surface area contributed by atoms with Gasteiger partial charge in [0.05, 0.1) is 10.9 Å². The average Bonchev–Trinajstić information content (AvgIpc) is 3.09. The molecule has 5 rings (SSSR count). The van der Waals surface area contributed by atoms with Crippen LogP contribution in [0.2, 0.25) is 0 Å². The third kappa shape index (κ3) is 3.23. The van der Waals surface area contributed by atoms with E-state index in [1.807, 2.05) is 38.1 Å². The third-order valence-corrected chi connectivity index (χ3v) is 5.95. The van der Waals surface area contributed by atoms with Gasteiger partial charge in [0.2, 0.25) is 0 Å². The molecular formula is C23H24N4O2. The van der Waals surface area contributed by atoms with Crippen LogP contribution in [-0.4, -0.2) is 40.0 Å². The van der Waals surface area contributed by atoms with Crippen LogP contribution in [0.4, 0.5) is 0 Å². The number of nitrogens with one attached hydrogen (secondary N) is 1. The van der Waals surface area contributed by atoms with Crippen molar-refractivity contribution in [2.75, 3.05) is 20.1 Å². The molecule has 0 aliphatic carbocycles. The summed E-state index contributed by atoms with van der Waals surface area (Å²) in [4.78, 5) is 27.4. The lowest BCUT2D eigenvalue weighted by atomic mass is 9.96. The number of hydrogen-bond acceptors (Lipinski definition) is 5. The molecule has 6 nitrogen and oxygen atoms in total. The number of fused-ring (bicyclic) bond motifs is 2. The lowest BCUT2D eigenvalue weighted by Crippen LogP contribution is -2.30. The summed E-state index contributed by atoms with van der Waals surface area (Å²) < 4.78 is 5.72. The van der Waals surface area contributed by atoms with Gasteiger partial charge in [-0.2, -0.15) is 0 Å². The van der Waals surface area contributed by atoms with Crippen molar-refractivity contribution in [2.45, 2.75) is 32.6 Å². The van der Waals surface area contributed by atoms with Crippen LogP contribution < -0.4 is 5.56 Å². The molecule has 0 amide bonds. The van der Waals surface area contributed by atoms with Gasteiger partial charge in [-0.05, 0) is 80.9 Å². The molecule has 1 aliphatic rings. The van der Waals surface area contributed by atoms with Crippen LogP contribution in [0.5, 0.6) is 0 Å². The summed E-state index contributed by atoms with van der Waals surface area (Å²) in [6, 6.07) is 9.96. The van der Waals surface area contributed by atoms with E-state index in [2.05, 4.69) is 28.0 Å². The molecule has 2 aromatic heterocycles. The molecule has 1 N–H and O–H groups in total. The van der Waals surface area contributed by atoms with Gasteiger partial charge in [0, 0.05) is 12.8 Å². The Morgan fingerprint density at radius 1 is 1.07 bits per heavy atom. The topological polar surface area (TPSA) is 75.0 Å². The van der Waals surface area contributed by atoms with Crippen LogP contribution in [0.1, 0.15) is 36.0 Å². The molecule has 0 spiro atoms. The number of H-pyrrole nitrogens is 1. The Bertz CT molecular complexity index is 1280. The van der Waals surface area contributed by atoms with E-state index < -0.39 is 0 Å². The van der Waals surface area contributed by atoms with E-state index in [0.717, 1.165) is 65.1 Å². The highest BCUT2D eigenvalue weighted by Gasteiger charge is 2.21. The summed E-state index contributed by atoms with van der Waals surface area (Å²) in [6.07, 6.45) is 2.05. The minimum Gasteiger partial charge on any atom is -0.441 e. The van der Waals surface area contributed by atoms with Crippen LogP contribution in [0.15, 0.2) is 39.5 Å². The monoisotopic (exact) mass is 388 g/mol. The first-order chi connectivity index (χ1) is 14.0. The van der Waals surface area contributed by atoms with Gasteiger partial charge in [-0.3, -0.25) is 4.79 Å². The first-order valence-electron chi connectivity index (χ1n) is 10.1. The van der Waals surface area contributed by atoms with Crippen molar-refractivity contribution in [3.8, 4) is 11.1 Å². The number of aromatic amines is 1. The molecule has 29 heavy (non-hydrogen) atoms. The maximum absolute atomic E-state index is 12.8. The van der Waals surface area contributed by atoms with Gasteiger partial charge < -0.3 is 14.3 Å². The number of hydrogen-bond donors (Lipinski definition) is 1. The first-order valence-corrected chi connectivity index (χ1v) is 10.1. The molecule has 4 aromatic rings. The number of oxazole rings is 1. The Balaban J connectivity index is 1.56. The summed E-state index contributed by atoms with van der Waals surface area (Å²) in [5.41, 5.74) is 5.36. The van der Waals surface area contributed by atoms with Crippen LogP contribution in [0, 0.1) is 13.8 Å². The van der Waals surface area contributed by atoms with Crippen molar-refractivity contribution in [3.05, 3.63) is 58.0 Å². The quantitative estimate of drug-likeness (QED) is 0.558. The van der Waals surface area contributed by atoms with E-state index in [1.165, 1.54) is 0 Å². The van der Waals surface area contributed by atoms with Crippen molar-refractivity contribution in [2.24, 2.45) is 0 Å². The van der Waals surface area contributed by atoms with E-state index in [0.29, 0.717) is 17.2 Å². The summed E-state index contributed by atoms with van der Waals surface area (Å²) >= 11 is 0. The number of nitrogens with zero attached hydrogens (tertiary/aromatic N) is 3. The van der Waals surface area contributed by atoms with E-state index in [-0.39, 0.29) is 5.56 Å². The SMILES string of the molecule is Cc1nc2c(C)cc(-c3ccc4nc(C5CCN(C)CC5)[nH]c(=O)c4c3)cc2o1. The fourth-order valence-corrected chi connectivity index (χ4v) is 4.29. The molecule has 0 saturated carbocycles. The molecule has 6 heteroatoms. The van der Waals surface area contributed by atoms with Crippen LogP contribution in [0.3, 0.4) is 0 Å². The molecular weight excluding hydrogens is 364 g/mol. The number of aryl methyl sites for hydroxylation is 2. The van der Waals surface area contributed by atoms with Crippen LogP contribution in [0.25, 0.3) is 33.1 Å². The predicted molar refractivity (Wildman–Crippen MR) is 114 cm³/mol. The molecule has 0 unspecified atom stereocenters. The average molecular weight is 388 g/mol. The largest absolute Gasteiger partial charge is 0.441 e. The van der Waals surface area contributed by atoms with Gasteiger partial charge in [-0.15, -0.1) is 0 Å². The molecule has 0 bridgehead atoms. The maximum atomic E-state index is 12.8. The zero-order valence-electron chi connectivity index (χ0n) is 17.0. The Kier molecular flexibility index (Phi) is 4.24. The second kappa shape index (κ2) is 6.81. The lowest BCUT2D eigenvalue weighted by Gasteiger charge is -2.28. The highest BCUT2D eigenvalue weighted by Crippen LogP contribution is 2.30. The summed E-state index contributed by atoms with van der Waals surface area (Å²) in [6.45, 7) is 5.95. The number of rotatable bonds is 2. The van der Waals surface area contributed by atoms with Gasteiger partial charge >= 0.3 is 0 Å². The summed E-state index contributed by atoms with van der Waals surface area (Å²) in [7, 11) is 2.13. The number of likely N-dealkylation sites (tertiary alicyclic amines) is 1. The number of aromatic nitrogens is 3. The minimum absolute atomic E-state index is 0.0703. The Morgan fingerprint density at radius 3 is 2.66 bits per heavy atom. The van der Waals surface area contributed by atoms with E-state index in [1.54, 1.807) is 0 Å². The molecule has 148 valence electrons. The molecule has 1 fully saturated rings. The van der Waals surface area contributed by atoms with Gasteiger partial charge in [-0.1, -0.05) is 6.07 Å². The molecule has 1 aliphatic heterocycles. The molecule has 2 aromatic carbocycles. The second-order valence-electron chi connectivity index (χ2n) is 8.13. The zero-order chi connectivity index (χ0) is 20.1. The summed E-state index contributed by atoms with van der Waals surface area (Å²) in [5.74, 6) is 1.79. The third-order valence-electron chi connectivity index (χ3n) is 5.95. The zero-order valence-corrected chi connectivity index (χ0v) is 17.0. The van der Waals surface area contributed by atoms with Crippen molar-refractivity contribution >= 4 is 22.0 Å². The molecule has 0 atom stereocenters. The van der Waals surface area contributed by atoms with Crippen LogP contribution >= 0.6 is 0 Å². The van der Waals surface area contributed by atoms with E-state index in [4.69, 9.17) is 9.40 Å². The van der Waals surface area contributed by atoms with Crippen LogP contribution in [-0.2, 0) is 0 Å². The number of benzene rings is 2. The second-order valence-corrected chi connectivity index (χ2v) is 8.13. The van der Waals surface area contributed by atoms with Gasteiger partial charge in [0.15, 0.2) is 11.5 Å². The Morgan fingerprint density at radius 2 is 1.86 bits per heavy atom. The molecule has 3 heterocycles. The van der Waals surface area contributed by atoms with Gasteiger partial charge in [-0.25, -0.2) is 9.97 Å². The molecule has 0 radical (unpaired) electrons. The smallest absolute Gasteiger partial charge is 0.258 e.